The monoisotopic (exact) mass is 429 g/mol. The number of halogens is 1. The summed E-state index contributed by atoms with van der Waals surface area (Å²) in [4.78, 5) is 29.3. The fourth-order valence-corrected chi connectivity index (χ4v) is 3.57. The Labute approximate surface area is 182 Å². The first kappa shape index (κ1) is 22.3. The summed E-state index contributed by atoms with van der Waals surface area (Å²) in [5.74, 6) is -0.117. The molecule has 0 aromatic heterocycles. The summed E-state index contributed by atoms with van der Waals surface area (Å²) in [6.45, 7) is 7.23. The third-order valence-corrected chi connectivity index (χ3v) is 5.55. The van der Waals surface area contributed by atoms with Gasteiger partial charge in [-0.05, 0) is 38.1 Å². The van der Waals surface area contributed by atoms with Crippen LogP contribution in [-0.2, 0) is 16.1 Å². The van der Waals surface area contributed by atoms with Crippen LogP contribution in [0.3, 0.4) is 0 Å². The Morgan fingerprint density at radius 3 is 2.47 bits per heavy atom. The molecule has 7 heteroatoms. The molecule has 0 atom stereocenters. The predicted molar refractivity (Wildman–Crippen MR) is 119 cm³/mol. The minimum Gasteiger partial charge on any atom is -0.378 e. The number of hydrogen-bond donors (Lipinski definition) is 1. The molecule has 0 aliphatic carbocycles. The standard InChI is InChI=1S/C23H28ClN3O3/c1-17(2)27(16-22(28)26-11-13-30-14-12-26)15-19-20(24)9-6-10-21(19)25-23(29)18-7-4-3-5-8-18/h3-10,17H,11-16H2,1-2H3,(H,25,29). The maximum Gasteiger partial charge on any atom is 0.255 e. The number of benzene rings is 2. The highest BCUT2D eigenvalue weighted by Gasteiger charge is 2.23. The summed E-state index contributed by atoms with van der Waals surface area (Å²) in [5, 5.41) is 3.53. The molecule has 0 bridgehead atoms. The highest BCUT2D eigenvalue weighted by molar-refractivity contribution is 6.31. The van der Waals surface area contributed by atoms with E-state index in [9.17, 15) is 9.59 Å². The fourth-order valence-electron chi connectivity index (χ4n) is 3.33. The smallest absolute Gasteiger partial charge is 0.255 e. The molecule has 2 aromatic carbocycles. The number of amides is 2. The summed E-state index contributed by atoms with van der Waals surface area (Å²) >= 11 is 6.50. The molecule has 2 aromatic rings. The molecule has 1 N–H and O–H groups in total. The lowest BCUT2D eigenvalue weighted by molar-refractivity contribution is -0.137. The van der Waals surface area contributed by atoms with Gasteiger partial charge in [-0.3, -0.25) is 14.5 Å². The van der Waals surface area contributed by atoms with Crippen LogP contribution in [0.1, 0.15) is 29.8 Å². The molecule has 3 rings (SSSR count). The van der Waals surface area contributed by atoms with Crippen molar-refractivity contribution in [2.45, 2.75) is 26.4 Å². The van der Waals surface area contributed by atoms with Gasteiger partial charge in [0.1, 0.15) is 0 Å². The van der Waals surface area contributed by atoms with E-state index in [1.807, 2.05) is 49.1 Å². The van der Waals surface area contributed by atoms with Crippen molar-refractivity contribution in [3.63, 3.8) is 0 Å². The number of rotatable bonds is 7. The maximum absolute atomic E-state index is 12.8. The van der Waals surface area contributed by atoms with Gasteiger partial charge >= 0.3 is 0 Å². The number of nitrogens with zero attached hydrogens (tertiary/aromatic N) is 2. The Morgan fingerprint density at radius 2 is 1.80 bits per heavy atom. The van der Waals surface area contributed by atoms with Gasteiger partial charge < -0.3 is 15.0 Å². The summed E-state index contributed by atoms with van der Waals surface area (Å²) in [7, 11) is 0. The topological polar surface area (TPSA) is 61.9 Å². The van der Waals surface area contributed by atoms with Crippen LogP contribution in [0.15, 0.2) is 48.5 Å². The highest BCUT2D eigenvalue weighted by Crippen LogP contribution is 2.27. The number of carbonyl (C=O) groups excluding carboxylic acids is 2. The Kier molecular flexibility index (Phi) is 7.85. The van der Waals surface area contributed by atoms with Crippen molar-refractivity contribution in [2.24, 2.45) is 0 Å². The van der Waals surface area contributed by atoms with Crippen molar-refractivity contribution in [3.05, 3.63) is 64.7 Å². The van der Waals surface area contributed by atoms with E-state index in [2.05, 4.69) is 10.2 Å². The van der Waals surface area contributed by atoms with E-state index >= 15 is 0 Å². The second-order valence-corrected chi connectivity index (χ2v) is 7.99. The number of anilines is 1. The van der Waals surface area contributed by atoms with Crippen molar-refractivity contribution in [2.75, 3.05) is 38.2 Å². The molecule has 0 radical (unpaired) electrons. The molecule has 30 heavy (non-hydrogen) atoms. The van der Waals surface area contributed by atoms with E-state index in [1.165, 1.54) is 0 Å². The van der Waals surface area contributed by atoms with Gasteiger partial charge in [0, 0.05) is 47.5 Å². The zero-order chi connectivity index (χ0) is 21.5. The molecule has 1 fully saturated rings. The first-order chi connectivity index (χ1) is 14.5. The van der Waals surface area contributed by atoms with Crippen LogP contribution in [0, 0.1) is 0 Å². The van der Waals surface area contributed by atoms with Crippen LogP contribution in [0.25, 0.3) is 0 Å². The minimum absolute atomic E-state index is 0.0777. The van der Waals surface area contributed by atoms with Crippen LogP contribution >= 0.6 is 11.6 Å². The number of morpholine rings is 1. The van der Waals surface area contributed by atoms with Crippen molar-refractivity contribution >= 4 is 29.1 Å². The molecule has 160 valence electrons. The molecular weight excluding hydrogens is 402 g/mol. The van der Waals surface area contributed by atoms with Crippen LogP contribution < -0.4 is 5.32 Å². The summed E-state index contributed by atoms with van der Waals surface area (Å²) in [5.41, 5.74) is 2.03. The quantitative estimate of drug-likeness (QED) is 0.729. The average molecular weight is 430 g/mol. The average Bonchev–Trinajstić information content (AvgIpc) is 2.76. The SMILES string of the molecule is CC(C)N(CC(=O)N1CCOCC1)Cc1c(Cl)cccc1NC(=O)c1ccccc1. The fraction of sp³-hybridized carbons (Fsp3) is 0.391. The van der Waals surface area contributed by atoms with Gasteiger partial charge in [-0.25, -0.2) is 0 Å². The summed E-state index contributed by atoms with van der Waals surface area (Å²) < 4.78 is 5.34. The molecule has 2 amide bonds. The number of nitrogens with one attached hydrogen (secondary N) is 1. The summed E-state index contributed by atoms with van der Waals surface area (Å²) in [6.07, 6.45) is 0. The van der Waals surface area contributed by atoms with Gasteiger partial charge in [0.2, 0.25) is 5.91 Å². The zero-order valence-electron chi connectivity index (χ0n) is 17.4. The van der Waals surface area contributed by atoms with Gasteiger partial charge in [0.05, 0.1) is 19.8 Å². The molecule has 1 aliphatic rings. The Bertz CT molecular complexity index is 867. The summed E-state index contributed by atoms with van der Waals surface area (Å²) in [6, 6.07) is 14.6. The molecule has 1 heterocycles. The maximum atomic E-state index is 12.8. The van der Waals surface area contributed by atoms with E-state index in [1.54, 1.807) is 18.2 Å². The van der Waals surface area contributed by atoms with Crippen molar-refractivity contribution in [3.8, 4) is 0 Å². The number of hydrogen-bond acceptors (Lipinski definition) is 4. The van der Waals surface area contributed by atoms with E-state index in [0.717, 1.165) is 5.56 Å². The Hall–Kier alpha value is -2.41. The minimum atomic E-state index is -0.195. The van der Waals surface area contributed by atoms with E-state index in [0.29, 0.717) is 49.1 Å². The van der Waals surface area contributed by atoms with Gasteiger partial charge in [-0.15, -0.1) is 0 Å². The lowest BCUT2D eigenvalue weighted by atomic mass is 10.1. The van der Waals surface area contributed by atoms with Gasteiger partial charge in [0.15, 0.2) is 0 Å². The van der Waals surface area contributed by atoms with Crippen molar-refractivity contribution in [1.82, 2.24) is 9.80 Å². The lowest BCUT2D eigenvalue weighted by Crippen LogP contribution is -2.47. The molecule has 1 saturated heterocycles. The third kappa shape index (κ3) is 5.81. The second kappa shape index (κ2) is 10.6. The van der Waals surface area contributed by atoms with Gasteiger partial charge in [0.25, 0.3) is 5.91 Å². The Balaban J connectivity index is 1.76. The van der Waals surface area contributed by atoms with E-state index in [4.69, 9.17) is 16.3 Å². The van der Waals surface area contributed by atoms with E-state index < -0.39 is 0 Å². The van der Waals surface area contributed by atoms with Gasteiger partial charge in [-0.2, -0.15) is 0 Å². The molecule has 6 nitrogen and oxygen atoms in total. The van der Waals surface area contributed by atoms with Crippen LogP contribution in [-0.4, -0.2) is 60.5 Å². The molecule has 1 aliphatic heterocycles. The normalized spacial score (nSPS) is 14.2. The molecule has 0 saturated carbocycles. The molecule has 0 unspecified atom stereocenters. The predicted octanol–water partition coefficient (Wildman–Crippen LogP) is 3.66. The Morgan fingerprint density at radius 1 is 1.10 bits per heavy atom. The number of carbonyl (C=O) groups is 2. The van der Waals surface area contributed by atoms with Crippen molar-refractivity contribution < 1.29 is 14.3 Å². The van der Waals surface area contributed by atoms with Crippen LogP contribution in [0.4, 0.5) is 5.69 Å². The first-order valence-electron chi connectivity index (χ1n) is 10.2. The van der Waals surface area contributed by atoms with E-state index in [-0.39, 0.29) is 24.4 Å². The molecule has 0 spiro atoms. The third-order valence-electron chi connectivity index (χ3n) is 5.20. The van der Waals surface area contributed by atoms with Crippen LogP contribution in [0.2, 0.25) is 5.02 Å². The lowest BCUT2D eigenvalue weighted by Gasteiger charge is -2.32. The largest absolute Gasteiger partial charge is 0.378 e. The second-order valence-electron chi connectivity index (χ2n) is 7.58. The zero-order valence-corrected chi connectivity index (χ0v) is 18.2. The van der Waals surface area contributed by atoms with Gasteiger partial charge in [-0.1, -0.05) is 35.9 Å². The highest BCUT2D eigenvalue weighted by atomic mass is 35.5. The number of ether oxygens (including phenoxy) is 1. The van der Waals surface area contributed by atoms with Crippen LogP contribution in [0.5, 0.6) is 0 Å². The molecular formula is C23H28ClN3O3. The first-order valence-corrected chi connectivity index (χ1v) is 10.6. The van der Waals surface area contributed by atoms with Crippen molar-refractivity contribution in [1.29, 1.82) is 0 Å².